The third-order valence-electron chi connectivity index (χ3n) is 4.49. The fraction of sp³-hybridized carbons (Fsp3) is 0.421. The highest BCUT2D eigenvalue weighted by Gasteiger charge is 2.35. The molecule has 4 rings (SSSR count). The summed E-state index contributed by atoms with van der Waals surface area (Å²) in [6.45, 7) is 4.00. The molecule has 2 aromatic heterocycles. The molecule has 1 aromatic carbocycles. The Hall–Kier alpha value is -2.26. The van der Waals surface area contributed by atoms with Gasteiger partial charge in [-0.05, 0) is 24.8 Å². The van der Waals surface area contributed by atoms with Crippen LogP contribution in [-0.4, -0.2) is 32.3 Å². The first kappa shape index (κ1) is 19.1. The topological polar surface area (TPSA) is 85.0 Å². The Bertz CT molecular complexity index is 949. The third-order valence-corrected chi connectivity index (χ3v) is 6.53. The van der Waals surface area contributed by atoms with Crippen LogP contribution in [0.4, 0.5) is 5.13 Å². The first-order chi connectivity index (χ1) is 13.7. The van der Waals surface area contributed by atoms with Crippen molar-refractivity contribution in [3.63, 3.8) is 0 Å². The Morgan fingerprint density at radius 3 is 2.71 bits per heavy atom. The van der Waals surface area contributed by atoms with Gasteiger partial charge in [0.25, 0.3) is 0 Å². The molecule has 1 amide bonds. The molecule has 2 heterocycles. The Labute approximate surface area is 171 Å². The maximum Gasteiger partial charge on any atom is 0.237 e. The van der Waals surface area contributed by atoms with Gasteiger partial charge >= 0.3 is 0 Å². The molecule has 0 unspecified atom stereocenters. The summed E-state index contributed by atoms with van der Waals surface area (Å²) in [5.41, 5.74) is 2.21. The highest BCUT2D eigenvalue weighted by Crippen LogP contribution is 2.36. The highest BCUT2D eigenvalue weighted by molar-refractivity contribution is 8.00. The van der Waals surface area contributed by atoms with Gasteiger partial charge in [-0.1, -0.05) is 66.4 Å². The summed E-state index contributed by atoms with van der Waals surface area (Å²) in [5.74, 6) is 1.75. The van der Waals surface area contributed by atoms with Gasteiger partial charge in [0.05, 0.1) is 5.75 Å². The Kier molecular flexibility index (Phi) is 5.72. The number of hydrogen-bond acceptors (Lipinski definition) is 8. The quantitative estimate of drug-likeness (QED) is 0.399. The van der Waals surface area contributed by atoms with Gasteiger partial charge in [0.2, 0.25) is 22.8 Å². The standard InChI is InChI=1S/C19H21N5O2S2/c1-3-12-5-7-13(8-6-12)17-20-15(26-23-17)11-27-19-22-21-18(28-19)24(14-9-10-14)16(25)4-2/h5-8,14H,3-4,9-11H2,1-2H3. The Morgan fingerprint density at radius 1 is 1.25 bits per heavy atom. The lowest BCUT2D eigenvalue weighted by Gasteiger charge is -2.17. The van der Waals surface area contributed by atoms with E-state index in [0.717, 1.165) is 29.2 Å². The van der Waals surface area contributed by atoms with Crippen molar-refractivity contribution in [3.8, 4) is 11.4 Å². The second-order valence-electron chi connectivity index (χ2n) is 6.55. The van der Waals surface area contributed by atoms with Crippen molar-refractivity contribution in [1.82, 2.24) is 20.3 Å². The Balaban J connectivity index is 1.39. The van der Waals surface area contributed by atoms with E-state index in [1.165, 1.54) is 28.7 Å². The van der Waals surface area contributed by atoms with Gasteiger partial charge in [-0.15, -0.1) is 10.2 Å². The van der Waals surface area contributed by atoms with E-state index in [2.05, 4.69) is 39.4 Å². The van der Waals surface area contributed by atoms with Crippen molar-refractivity contribution < 1.29 is 9.32 Å². The zero-order valence-electron chi connectivity index (χ0n) is 15.8. The van der Waals surface area contributed by atoms with Gasteiger partial charge in [0, 0.05) is 18.0 Å². The molecule has 3 aromatic rings. The van der Waals surface area contributed by atoms with Crippen molar-refractivity contribution >= 4 is 34.1 Å². The average Bonchev–Trinajstić information content (AvgIpc) is 3.26. The minimum absolute atomic E-state index is 0.103. The predicted molar refractivity (Wildman–Crippen MR) is 109 cm³/mol. The lowest BCUT2D eigenvalue weighted by Crippen LogP contribution is -2.32. The first-order valence-electron chi connectivity index (χ1n) is 9.38. The maximum absolute atomic E-state index is 12.2. The summed E-state index contributed by atoms with van der Waals surface area (Å²) in [6, 6.07) is 8.46. The number of benzene rings is 1. The fourth-order valence-corrected chi connectivity index (χ4v) is 4.54. The van der Waals surface area contributed by atoms with Crippen LogP contribution in [0.15, 0.2) is 33.1 Å². The van der Waals surface area contributed by atoms with Crippen molar-refractivity contribution in [1.29, 1.82) is 0 Å². The van der Waals surface area contributed by atoms with Crippen molar-refractivity contribution in [3.05, 3.63) is 35.7 Å². The number of carbonyl (C=O) groups is 1. The molecule has 1 aliphatic carbocycles. The van der Waals surface area contributed by atoms with E-state index in [1.54, 1.807) is 4.90 Å². The predicted octanol–water partition coefficient (Wildman–Crippen LogP) is 4.35. The Morgan fingerprint density at radius 2 is 2.04 bits per heavy atom. The molecular weight excluding hydrogens is 394 g/mol. The molecule has 0 aliphatic heterocycles. The minimum Gasteiger partial charge on any atom is -0.338 e. The second-order valence-corrected chi connectivity index (χ2v) is 8.73. The van der Waals surface area contributed by atoms with Crippen LogP contribution in [0.5, 0.6) is 0 Å². The van der Waals surface area contributed by atoms with Gasteiger partial charge in [0.15, 0.2) is 4.34 Å². The van der Waals surface area contributed by atoms with Crippen LogP contribution in [0.25, 0.3) is 11.4 Å². The molecule has 28 heavy (non-hydrogen) atoms. The number of carbonyl (C=O) groups excluding carboxylic acids is 1. The number of aryl methyl sites for hydroxylation is 1. The van der Waals surface area contributed by atoms with Crippen molar-refractivity contribution in [2.24, 2.45) is 0 Å². The van der Waals surface area contributed by atoms with Gasteiger partial charge in [0.1, 0.15) is 0 Å². The van der Waals surface area contributed by atoms with Gasteiger partial charge in [-0.2, -0.15) is 4.98 Å². The molecule has 0 radical (unpaired) electrons. The molecule has 0 spiro atoms. The molecule has 9 heteroatoms. The second kappa shape index (κ2) is 8.40. The van der Waals surface area contributed by atoms with Gasteiger partial charge in [-0.3, -0.25) is 9.69 Å². The molecule has 1 fully saturated rings. The third kappa shape index (κ3) is 4.25. The number of rotatable bonds is 8. The number of thioether (sulfide) groups is 1. The zero-order chi connectivity index (χ0) is 19.5. The van der Waals surface area contributed by atoms with Crippen molar-refractivity contribution in [2.45, 2.75) is 55.7 Å². The monoisotopic (exact) mass is 415 g/mol. The summed E-state index contributed by atoms with van der Waals surface area (Å²) in [5, 5.41) is 13.2. The van der Waals surface area contributed by atoms with E-state index in [9.17, 15) is 4.79 Å². The average molecular weight is 416 g/mol. The molecule has 1 aliphatic rings. The molecule has 0 bridgehead atoms. The molecule has 0 N–H and O–H groups in total. The number of hydrogen-bond donors (Lipinski definition) is 0. The van der Waals surface area contributed by atoms with Crippen LogP contribution in [-0.2, 0) is 17.0 Å². The summed E-state index contributed by atoms with van der Waals surface area (Å²) in [6.07, 6.45) is 3.55. The molecule has 0 atom stereocenters. The largest absolute Gasteiger partial charge is 0.338 e. The normalized spacial score (nSPS) is 13.6. The van der Waals surface area contributed by atoms with Gasteiger partial charge in [-0.25, -0.2) is 0 Å². The van der Waals surface area contributed by atoms with E-state index >= 15 is 0 Å². The molecule has 1 saturated carbocycles. The zero-order valence-corrected chi connectivity index (χ0v) is 17.4. The number of anilines is 1. The van der Waals surface area contributed by atoms with E-state index in [0.29, 0.717) is 29.0 Å². The van der Waals surface area contributed by atoms with Crippen LogP contribution in [0.3, 0.4) is 0 Å². The van der Waals surface area contributed by atoms with Crippen LogP contribution in [0.2, 0.25) is 0 Å². The van der Waals surface area contributed by atoms with Crippen LogP contribution in [0.1, 0.15) is 44.6 Å². The molecular formula is C19H21N5O2S2. The molecule has 0 saturated heterocycles. The summed E-state index contributed by atoms with van der Waals surface area (Å²) in [7, 11) is 0. The highest BCUT2D eigenvalue weighted by atomic mass is 32.2. The van der Waals surface area contributed by atoms with E-state index in [4.69, 9.17) is 4.52 Å². The lowest BCUT2D eigenvalue weighted by molar-refractivity contribution is -0.118. The molecule has 146 valence electrons. The molecule has 7 nitrogen and oxygen atoms in total. The first-order valence-corrected chi connectivity index (χ1v) is 11.2. The smallest absolute Gasteiger partial charge is 0.237 e. The number of aromatic nitrogens is 4. The maximum atomic E-state index is 12.2. The summed E-state index contributed by atoms with van der Waals surface area (Å²) < 4.78 is 6.15. The van der Waals surface area contributed by atoms with Crippen LogP contribution < -0.4 is 4.90 Å². The van der Waals surface area contributed by atoms with E-state index in [1.807, 2.05) is 19.1 Å². The summed E-state index contributed by atoms with van der Waals surface area (Å²) in [4.78, 5) is 18.4. The number of amides is 1. The van der Waals surface area contributed by atoms with E-state index < -0.39 is 0 Å². The number of nitrogens with zero attached hydrogens (tertiary/aromatic N) is 5. The van der Waals surface area contributed by atoms with Crippen LogP contribution in [0, 0.1) is 0 Å². The van der Waals surface area contributed by atoms with E-state index in [-0.39, 0.29) is 11.9 Å². The lowest BCUT2D eigenvalue weighted by atomic mass is 10.1. The fourth-order valence-electron chi connectivity index (χ4n) is 2.77. The van der Waals surface area contributed by atoms with Crippen LogP contribution >= 0.6 is 23.1 Å². The summed E-state index contributed by atoms with van der Waals surface area (Å²) >= 11 is 2.92. The van der Waals surface area contributed by atoms with Gasteiger partial charge < -0.3 is 4.52 Å². The minimum atomic E-state index is 0.103. The van der Waals surface area contributed by atoms with Crippen molar-refractivity contribution in [2.75, 3.05) is 4.90 Å². The SMILES string of the molecule is CCC(=O)N(c1nnc(SCc2nc(-c3ccc(CC)cc3)no2)s1)C1CC1.